The molecule has 0 spiro atoms. The van der Waals surface area contributed by atoms with E-state index < -0.39 is 5.97 Å². The number of benzene rings is 1. The van der Waals surface area contributed by atoms with Gasteiger partial charge in [-0.05, 0) is 33.1 Å². The van der Waals surface area contributed by atoms with Crippen molar-refractivity contribution in [1.82, 2.24) is 4.57 Å². The Hall–Kier alpha value is -1.88. The molecule has 98 valence electrons. The van der Waals surface area contributed by atoms with E-state index in [1.165, 1.54) is 6.07 Å². The number of aliphatic carboxylic acids is 1. The third-order valence-corrected chi connectivity index (χ3v) is 3.15. The molecule has 1 aromatic heterocycles. The average Bonchev–Trinajstić information content (AvgIpc) is 2.35. The highest BCUT2D eigenvalue weighted by Gasteiger charge is 2.02. The van der Waals surface area contributed by atoms with Crippen LogP contribution >= 0.6 is 15.9 Å². The molecule has 1 aromatic carbocycles. The summed E-state index contributed by atoms with van der Waals surface area (Å²) >= 11 is 3.32. The lowest BCUT2D eigenvalue weighted by molar-refractivity contribution is -0.136. The molecule has 0 radical (unpaired) electrons. The van der Waals surface area contributed by atoms with Crippen molar-refractivity contribution in [2.45, 2.75) is 13.0 Å². The number of pyridine rings is 1. The third kappa shape index (κ3) is 3.79. The van der Waals surface area contributed by atoms with E-state index in [1.54, 1.807) is 29.0 Å². The largest absolute Gasteiger partial charge is 0.481 e. The second-order valence-corrected chi connectivity index (χ2v) is 5.12. The minimum atomic E-state index is -0.851. The molecule has 2 rings (SSSR count). The molecule has 5 heteroatoms. The summed E-state index contributed by atoms with van der Waals surface area (Å²) in [6, 6.07) is 10.4. The van der Waals surface area contributed by atoms with Gasteiger partial charge in [0.1, 0.15) is 0 Å². The van der Waals surface area contributed by atoms with Crippen molar-refractivity contribution in [2.75, 3.05) is 0 Å². The van der Waals surface area contributed by atoms with E-state index >= 15 is 0 Å². The number of aromatic nitrogens is 1. The van der Waals surface area contributed by atoms with E-state index in [1.807, 2.05) is 12.1 Å². The Balaban J connectivity index is 2.17. The lowest BCUT2D eigenvalue weighted by Gasteiger charge is -2.07. The topological polar surface area (TPSA) is 59.3 Å². The summed E-state index contributed by atoms with van der Waals surface area (Å²) in [7, 11) is 0. The molecule has 0 atom stereocenters. The van der Waals surface area contributed by atoms with Crippen molar-refractivity contribution >= 4 is 21.9 Å². The molecule has 0 bridgehead atoms. The Kier molecular flexibility index (Phi) is 4.16. The fourth-order valence-corrected chi connectivity index (χ4v) is 2.14. The number of nitrogens with zero attached hydrogens (tertiary/aromatic N) is 1. The third-order valence-electron chi connectivity index (χ3n) is 2.68. The van der Waals surface area contributed by atoms with Crippen LogP contribution < -0.4 is 5.56 Å². The maximum absolute atomic E-state index is 11.7. The summed E-state index contributed by atoms with van der Waals surface area (Å²) in [5.41, 5.74) is 1.63. The van der Waals surface area contributed by atoms with Gasteiger partial charge in [0.15, 0.2) is 0 Å². The van der Waals surface area contributed by atoms with E-state index in [2.05, 4.69) is 15.9 Å². The summed E-state index contributed by atoms with van der Waals surface area (Å²) < 4.78 is 2.44. The van der Waals surface area contributed by atoms with Crippen LogP contribution in [0.25, 0.3) is 0 Å². The standard InChI is InChI=1S/C14H12BrNO3/c15-12-5-6-13(17)16(9-12)8-11-3-1-10(2-4-11)7-14(18)19/h1-6,9H,7-8H2,(H,18,19). The van der Waals surface area contributed by atoms with Gasteiger partial charge in [-0.2, -0.15) is 0 Å². The average molecular weight is 322 g/mol. The summed E-state index contributed by atoms with van der Waals surface area (Å²) in [5, 5.41) is 8.69. The Morgan fingerprint density at radius 2 is 1.74 bits per heavy atom. The van der Waals surface area contributed by atoms with Crippen molar-refractivity contribution in [3.05, 3.63) is 68.5 Å². The second kappa shape index (κ2) is 5.84. The first-order valence-electron chi connectivity index (χ1n) is 5.70. The van der Waals surface area contributed by atoms with Crippen LogP contribution in [-0.4, -0.2) is 15.6 Å². The van der Waals surface area contributed by atoms with Crippen LogP contribution in [0.4, 0.5) is 0 Å². The molecule has 1 N–H and O–H groups in total. The highest BCUT2D eigenvalue weighted by Crippen LogP contribution is 2.09. The summed E-state index contributed by atoms with van der Waals surface area (Å²) in [5.74, 6) is -0.851. The van der Waals surface area contributed by atoms with Gasteiger partial charge < -0.3 is 9.67 Å². The minimum Gasteiger partial charge on any atom is -0.481 e. The molecule has 19 heavy (non-hydrogen) atoms. The number of carbonyl (C=O) groups is 1. The fraction of sp³-hybridized carbons (Fsp3) is 0.143. The molecule has 0 saturated carbocycles. The van der Waals surface area contributed by atoms with Gasteiger partial charge in [-0.15, -0.1) is 0 Å². The smallest absolute Gasteiger partial charge is 0.307 e. The predicted octanol–water partition coefficient (Wildman–Crippen LogP) is 2.29. The summed E-state index contributed by atoms with van der Waals surface area (Å²) in [4.78, 5) is 22.2. The van der Waals surface area contributed by atoms with Gasteiger partial charge >= 0.3 is 5.97 Å². The zero-order chi connectivity index (χ0) is 13.8. The van der Waals surface area contributed by atoms with Crippen molar-refractivity contribution in [3.8, 4) is 0 Å². The van der Waals surface area contributed by atoms with Crippen LogP contribution in [0.1, 0.15) is 11.1 Å². The van der Waals surface area contributed by atoms with E-state index in [9.17, 15) is 9.59 Å². The maximum Gasteiger partial charge on any atom is 0.307 e. The number of rotatable bonds is 4. The Morgan fingerprint density at radius 3 is 2.37 bits per heavy atom. The molecule has 0 unspecified atom stereocenters. The molecule has 0 fully saturated rings. The van der Waals surface area contributed by atoms with Crippen LogP contribution in [0.15, 0.2) is 51.9 Å². The normalized spacial score (nSPS) is 10.4. The van der Waals surface area contributed by atoms with Crippen LogP contribution in [0.3, 0.4) is 0 Å². The highest BCUT2D eigenvalue weighted by atomic mass is 79.9. The quantitative estimate of drug-likeness (QED) is 0.939. The van der Waals surface area contributed by atoms with Crippen LogP contribution in [0.2, 0.25) is 0 Å². The van der Waals surface area contributed by atoms with Gasteiger partial charge in [0.2, 0.25) is 0 Å². The second-order valence-electron chi connectivity index (χ2n) is 4.20. The van der Waals surface area contributed by atoms with E-state index in [-0.39, 0.29) is 12.0 Å². The molecule has 0 aliphatic heterocycles. The Morgan fingerprint density at radius 1 is 1.11 bits per heavy atom. The highest BCUT2D eigenvalue weighted by molar-refractivity contribution is 9.10. The molecule has 4 nitrogen and oxygen atoms in total. The predicted molar refractivity (Wildman–Crippen MR) is 75.3 cm³/mol. The molecule has 2 aromatic rings. The summed E-state index contributed by atoms with van der Waals surface area (Å²) in [6.07, 6.45) is 1.74. The van der Waals surface area contributed by atoms with Crippen LogP contribution in [-0.2, 0) is 17.8 Å². The monoisotopic (exact) mass is 321 g/mol. The molecular formula is C14H12BrNO3. The Bertz CT molecular complexity index is 646. The number of halogens is 1. The maximum atomic E-state index is 11.7. The molecular weight excluding hydrogens is 310 g/mol. The van der Waals surface area contributed by atoms with Crippen LogP contribution in [0.5, 0.6) is 0 Å². The number of carboxylic acid groups (broad SMARTS) is 1. The number of hydrogen-bond donors (Lipinski definition) is 1. The van der Waals surface area contributed by atoms with E-state index in [0.717, 1.165) is 15.6 Å². The number of hydrogen-bond acceptors (Lipinski definition) is 2. The number of carboxylic acids is 1. The van der Waals surface area contributed by atoms with Gasteiger partial charge in [0.25, 0.3) is 5.56 Å². The van der Waals surface area contributed by atoms with Gasteiger partial charge in [-0.1, -0.05) is 24.3 Å². The summed E-state index contributed by atoms with van der Waals surface area (Å²) in [6.45, 7) is 0.464. The van der Waals surface area contributed by atoms with Crippen molar-refractivity contribution in [3.63, 3.8) is 0 Å². The molecule has 0 saturated heterocycles. The molecule has 1 heterocycles. The SMILES string of the molecule is O=C(O)Cc1ccc(Cn2cc(Br)ccc2=O)cc1. The lowest BCUT2D eigenvalue weighted by Crippen LogP contribution is -2.18. The molecule has 0 amide bonds. The van der Waals surface area contributed by atoms with Crippen molar-refractivity contribution in [1.29, 1.82) is 0 Å². The van der Waals surface area contributed by atoms with E-state index in [4.69, 9.17) is 5.11 Å². The minimum absolute atomic E-state index is 0.0110. The van der Waals surface area contributed by atoms with Crippen molar-refractivity contribution in [2.24, 2.45) is 0 Å². The first-order chi connectivity index (χ1) is 9.04. The van der Waals surface area contributed by atoms with Gasteiger partial charge in [0, 0.05) is 16.7 Å². The van der Waals surface area contributed by atoms with Gasteiger partial charge in [-0.25, -0.2) is 0 Å². The zero-order valence-electron chi connectivity index (χ0n) is 10.0. The van der Waals surface area contributed by atoms with Gasteiger partial charge in [-0.3, -0.25) is 9.59 Å². The van der Waals surface area contributed by atoms with Gasteiger partial charge in [0.05, 0.1) is 13.0 Å². The van der Waals surface area contributed by atoms with Crippen LogP contribution in [0, 0.1) is 0 Å². The molecule has 0 aliphatic rings. The fourth-order valence-electron chi connectivity index (χ4n) is 1.76. The van der Waals surface area contributed by atoms with Crippen molar-refractivity contribution < 1.29 is 9.90 Å². The lowest BCUT2D eigenvalue weighted by atomic mass is 10.1. The van der Waals surface area contributed by atoms with E-state index in [0.29, 0.717) is 6.54 Å². The first-order valence-corrected chi connectivity index (χ1v) is 6.49. The molecule has 0 aliphatic carbocycles. The zero-order valence-corrected chi connectivity index (χ0v) is 11.6. The first kappa shape index (κ1) is 13.5. The Labute approximate surface area is 118 Å².